The van der Waals surface area contributed by atoms with Crippen LogP contribution in [-0.4, -0.2) is 10.1 Å². The van der Waals surface area contributed by atoms with Gasteiger partial charge in [0.15, 0.2) is 0 Å². The Bertz CT molecular complexity index is 489. The van der Waals surface area contributed by atoms with Gasteiger partial charge in [-0.15, -0.1) is 0 Å². The number of para-hydroxylation sites is 1. The smallest absolute Gasteiger partial charge is 0.0483 e. The highest BCUT2D eigenvalue weighted by atomic mass is 15.0. The van der Waals surface area contributed by atoms with Gasteiger partial charge >= 0.3 is 0 Å². The predicted octanol–water partition coefficient (Wildman–Crippen LogP) is 3.08. The summed E-state index contributed by atoms with van der Waals surface area (Å²) >= 11 is 0. The van der Waals surface area contributed by atoms with E-state index in [2.05, 4.69) is 55.8 Å². The van der Waals surface area contributed by atoms with Crippen molar-refractivity contribution in [3.8, 4) is 0 Å². The van der Waals surface area contributed by atoms with E-state index in [1.807, 2.05) is 0 Å². The van der Waals surface area contributed by atoms with Crippen molar-refractivity contribution in [2.75, 3.05) is 0 Å². The molecule has 0 spiro atoms. The lowest BCUT2D eigenvalue weighted by Crippen LogP contribution is -2.33. The van der Waals surface area contributed by atoms with Crippen LogP contribution in [0.5, 0.6) is 0 Å². The van der Waals surface area contributed by atoms with Crippen LogP contribution in [0, 0.1) is 6.92 Å². The fraction of sp³-hybridized carbons (Fsp3) is 0.429. The first-order valence-electron chi connectivity index (χ1n) is 5.81. The van der Waals surface area contributed by atoms with Crippen LogP contribution in [0.3, 0.4) is 0 Å². The molecule has 0 amide bonds. The van der Waals surface area contributed by atoms with Crippen molar-refractivity contribution in [3.05, 3.63) is 36.0 Å². The molecule has 0 saturated heterocycles. The molecular weight excluding hydrogens is 196 g/mol. The molecule has 0 bridgehead atoms. The van der Waals surface area contributed by atoms with Crippen LogP contribution < -0.4 is 5.73 Å². The maximum atomic E-state index is 6.02. The Balaban J connectivity index is 2.31. The average molecular weight is 216 g/mol. The maximum Gasteiger partial charge on any atom is 0.0483 e. The van der Waals surface area contributed by atoms with Gasteiger partial charge in [-0.05, 0) is 38.8 Å². The highest BCUT2D eigenvalue weighted by Gasteiger charge is 2.11. The topological polar surface area (TPSA) is 30.9 Å². The summed E-state index contributed by atoms with van der Waals surface area (Å²) in [5, 5.41) is 1.34. The fourth-order valence-electron chi connectivity index (χ4n) is 2.02. The normalized spacial score (nSPS) is 12.2. The van der Waals surface area contributed by atoms with Crippen LogP contribution in [0.1, 0.15) is 25.8 Å². The molecule has 2 N–H and O–H groups in total. The van der Waals surface area contributed by atoms with Gasteiger partial charge in [0, 0.05) is 29.2 Å². The molecule has 0 saturated carbocycles. The van der Waals surface area contributed by atoms with Crippen molar-refractivity contribution in [1.29, 1.82) is 0 Å². The third kappa shape index (κ3) is 2.27. The zero-order valence-corrected chi connectivity index (χ0v) is 10.3. The summed E-state index contributed by atoms with van der Waals surface area (Å²) in [5.74, 6) is 0. The first kappa shape index (κ1) is 11.2. The largest absolute Gasteiger partial charge is 0.347 e. The van der Waals surface area contributed by atoms with Crippen molar-refractivity contribution >= 4 is 10.9 Å². The van der Waals surface area contributed by atoms with Crippen LogP contribution in [0.15, 0.2) is 30.5 Å². The minimum absolute atomic E-state index is 0.0979. The summed E-state index contributed by atoms with van der Waals surface area (Å²) in [4.78, 5) is 0. The van der Waals surface area contributed by atoms with Crippen molar-refractivity contribution in [3.63, 3.8) is 0 Å². The van der Waals surface area contributed by atoms with E-state index in [-0.39, 0.29) is 5.54 Å². The molecule has 2 nitrogen and oxygen atoms in total. The first-order chi connectivity index (χ1) is 7.47. The number of benzene rings is 1. The van der Waals surface area contributed by atoms with Crippen molar-refractivity contribution in [2.24, 2.45) is 5.73 Å². The van der Waals surface area contributed by atoms with Gasteiger partial charge in [0.05, 0.1) is 0 Å². The van der Waals surface area contributed by atoms with E-state index >= 15 is 0 Å². The summed E-state index contributed by atoms with van der Waals surface area (Å²) in [5.41, 5.74) is 8.57. The molecule has 0 fully saturated rings. The van der Waals surface area contributed by atoms with Crippen LogP contribution in [0.2, 0.25) is 0 Å². The van der Waals surface area contributed by atoms with Crippen molar-refractivity contribution in [2.45, 2.75) is 39.3 Å². The Labute approximate surface area is 97.1 Å². The molecule has 16 heavy (non-hydrogen) atoms. The Hall–Kier alpha value is -1.28. The standard InChI is InChI=1S/C14H20N2/c1-11-10-16(9-8-14(2,3)15)13-7-5-4-6-12(11)13/h4-7,10H,8-9,15H2,1-3H3. The molecule has 1 aromatic carbocycles. The molecule has 2 aromatic rings. The quantitative estimate of drug-likeness (QED) is 0.839. The molecule has 0 unspecified atom stereocenters. The summed E-state index contributed by atoms with van der Waals surface area (Å²) < 4.78 is 2.30. The van der Waals surface area contributed by atoms with Gasteiger partial charge in [0.25, 0.3) is 0 Å². The van der Waals surface area contributed by atoms with Gasteiger partial charge in [0.2, 0.25) is 0 Å². The van der Waals surface area contributed by atoms with Gasteiger partial charge < -0.3 is 10.3 Å². The monoisotopic (exact) mass is 216 g/mol. The van der Waals surface area contributed by atoms with Crippen LogP contribution in [0.25, 0.3) is 10.9 Å². The van der Waals surface area contributed by atoms with Gasteiger partial charge in [-0.1, -0.05) is 18.2 Å². The molecule has 0 atom stereocenters. The highest BCUT2D eigenvalue weighted by Crippen LogP contribution is 2.21. The van der Waals surface area contributed by atoms with Crippen molar-refractivity contribution in [1.82, 2.24) is 4.57 Å². The van der Waals surface area contributed by atoms with Crippen LogP contribution in [-0.2, 0) is 6.54 Å². The summed E-state index contributed by atoms with van der Waals surface area (Å²) in [6, 6.07) is 8.53. The van der Waals surface area contributed by atoms with E-state index in [0.29, 0.717) is 0 Å². The minimum atomic E-state index is -0.0979. The molecule has 2 heteroatoms. The molecule has 2 rings (SSSR count). The third-order valence-electron chi connectivity index (χ3n) is 2.98. The number of aromatic nitrogens is 1. The van der Waals surface area contributed by atoms with E-state index in [9.17, 15) is 0 Å². The maximum absolute atomic E-state index is 6.02. The van der Waals surface area contributed by atoms with E-state index in [4.69, 9.17) is 5.73 Å². The number of nitrogens with zero attached hydrogens (tertiary/aromatic N) is 1. The number of rotatable bonds is 3. The lowest BCUT2D eigenvalue weighted by atomic mass is 10.0. The van der Waals surface area contributed by atoms with Gasteiger partial charge in [-0.2, -0.15) is 0 Å². The molecule has 0 aliphatic rings. The summed E-state index contributed by atoms with van der Waals surface area (Å²) in [6.45, 7) is 7.29. The Morgan fingerprint density at radius 3 is 2.62 bits per heavy atom. The fourth-order valence-corrected chi connectivity index (χ4v) is 2.02. The number of fused-ring (bicyclic) bond motifs is 1. The Morgan fingerprint density at radius 1 is 1.25 bits per heavy atom. The van der Waals surface area contributed by atoms with Crippen LogP contribution >= 0.6 is 0 Å². The molecule has 0 aliphatic heterocycles. The van der Waals surface area contributed by atoms with Gasteiger partial charge in [-0.3, -0.25) is 0 Å². The summed E-state index contributed by atoms with van der Waals surface area (Å²) in [6.07, 6.45) is 3.21. The Morgan fingerprint density at radius 2 is 1.94 bits per heavy atom. The second-order valence-electron chi connectivity index (χ2n) is 5.26. The Kier molecular flexibility index (Phi) is 2.76. The van der Waals surface area contributed by atoms with Gasteiger partial charge in [-0.25, -0.2) is 0 Å². The average Bonchev–Trinajstić information content (AvgIpc) is 2.53. The second kappa shape index (κ2) is 3.95. The highest BCUT2D eigenvalue weighted by molar-refractivity contribution is 5.83. The zero-order valence-electron chi connectivity index (χ0n) is 10.3. The van der Waals surface area contributed by atoms with E-state index in [1.165, 1.54) is 16.5 Å². The second-order valence-corrected chi connectivity index (χ2v) is 5.26. The van der Waals surface area contributed by atoms with Crippen molar-refractivity contribution < 1.29 is 0 Å². The zero-order chi connectivity index (χ0) is 11.8. The summed E-state index contributed by atoms with van der Waals surface area (Å²) in [7, 11) is 0. The first-order valence-corrected chi connectivity index (χ1v) is 5.81. The number of hydrogen-bond acceptors (Lipinski definition) is 1. The predicted molar refractivity (Wildman–Crippen MR) is 69.6 cm³/mol. The molecule has 86 valence electrons. The molecule has 1 heterocycles. The lowest BCUT2D eigenvalue weighted by Gasteiger charge is -2.18. The lowest BCUT2D eigenvalue weighted by molar-refractivity contribution is 0.441. The van der Waals surface area contributed by atoms with Gasteiger partial charge in [0.1, 0.15) is 0 Å². The number of nitrogens with two attached hydrogens (primary N) is 1. The van der Waals surface area contributed by atoms with E-state index in [0.717, 1.165) is 13.0 Å². The SMILES string of the molecule is Cc1cn(CCC(C)(C)N)c2ccccc12. The number of aryl methyl sites for hydroxylation is 2. The van der Waals surface area contributed by atoms with E-state index < -0.39 is 0 Å². The molecule has 0 radical (unpaired) electrons. The minimum Gasteiger partial charge on any atom is -0.347 e. The van der Waals surface area contributed by atoms with E-state index in [1.54, 1.807) is 0 Å². The molecule has 1 aromatic heterocycles. The molecular formula is C14H20N2. The third-order valence-corrected chi connectivity index (χ3v) is 2.98. The number of hydrogen-bond donors (Lipinski definition) is 1. The van der Waals surface area contributed by atoms with Crippen LogP contribution in [0.4, 0.5) is 0 Å². The molecule has 0 aliphatic carbocycles.